The number of nitrogens with two attached hydrogens (primary N) is 1. The molecule has 0 aliphatic carbocycles. The van der Waals surface area contributed by atoms with Crippen LogP contribution < -0.4 is 10.6 Å². The molecule has 0 amide bonds. The Morgan fingerprint density at radius 1 is 1.43 bits per heavy atom. The minimum Gasteiger partial charge on any atom is -0.409 e. The maximum Gasteiger partial charge on any atom is 0.174 e. The number of oxime groups is 1. The summed E-state index contributed by atoms with van der Waals surface area (Å²) in [6, 6.07) is 0.377. The van der Waals surface area contributed by atoms with E-state index in [-0.39, 0.29) is 5.84 Å². The zero-order valence-electron chi connectivity index (χ0n) is 13.2. The molecule has 1 aliphatic heterocycles. The standard InChI is InChI=1S/C14H24N6O/c1-9-10(2)16-17-14(12(9)13(15)18-21)20-7-5-6-11(20)8-19(3)4/h11,21H,5-8H2,1-4H3,(H2,15,18). The van der Waals surface area contributed by atoms with Crippen LogP contribution in [-0.4, -0.2) is 59.4 Å². The van der Waals surface area contributed by atoms with Crippen molar-refractivity contribution in [2.75, 3.05) is 32.1 Å². The molecule has 7 nitrogen and oxygen atoms in total. The number of likely N-dealkylation sites (N-methyl/N-ethyl adjacent to an activating group) is 1. The van der Waals surface area contributed by atoms with Gasteiger partial charge in [-0.25, -0.2) is 0 Å². The van der Waals surface area contributed by atoms with E-state index in [2.05, 4.69) is 39.2 Å². The van der Waals surface area contributed by atoms with Gasteiger partial charge in [-0.2, -0.15) is 5.10 Å². The molecule has 0 bridgehead atoms. The lowest BCUT2D eigenvalue weighted by molar-refractivity contribution is 0.318. The van der Waals surface area contributed by atoms with Crippen molar-refractivity contribution in [1.82, 2.24) is 15.1 Å². The molecule has 7 heteroatoms. The third-order valence-electron chi connectivity index (χ3n) is 4.02. The van der Waals surface area contributed by atoms with E-state index in [0.29, 0.717) is 11.6 Å². The second-order valence-corrected chi connectivity index (χ2v) is 5.85. The smallest absolute Gasteiger partial charge is 0.174 e. The van der Waals surface area contributed by atoms with Gasteiger partial charge in [-0.3, -0.25) is 0 Å². The molecular weight excluding hydrogens is 268 g/mol. The first-order valence-corrected chi connectivity index (χ1v) is 7.18. The van der Waals surface area contributed by atoms with E-state index in [1.165, 1.54) is 0 Å². The predicted octanol–water partition coefficient (Wildman–Crippen LogP) is 0.718. The van der Waals surface area contributed by atoms with Crippen molar-refractivity contribution in [2.24, 2.45) is 10.9 Å². The van der Waals surface area contributed by atoms with Gasteiger partial charge < -0.3 is 20.7 Å². The van der Waals surface area contributed by atoms with Crippen LogP contribution >= 0.6 is 0 Å². The second-order valence-electron chi connectivity index (χ2n) is 5.85. The molecule has 0 aromatic carbocycles. The fraction of sp³-hybridized carbons (Fsp3) is 0.643. The molecule has 1 fully saturated rings. The largest absolute Gasteiger partial charge is 0.409 e. The first-order chi connectivity index (χ1) is 9.95. The summed E-state index contributed by atoms with van der Waals surface area (Å²) >= 11 is 0. The third kappa shape index (κ3) is 3.07. The molecular formula is C14H24N6O. The van der Waals surface area contributed by atoms with Crippen molar-refractivity contribution in [1.29, 1.82) is 0 Å². The second kappa shape index (κ2) is 6.26. The molecule has 1 aliphatic rings. The van der Waals surface area contributed by atoms with Crippen LogP contribution in [0.3, 0.4) is 0 Å². The summed E-state index contributed by atoms with van der Waals surface area (Å²) in [6.45, 7) is 5.67. The van der Waals surface area contributed by atoms with Gasteiger partial charge in [0.15, 0.2) is 11.7 Å². The van der Waals surface area contributed by atoms with E-state index < -0.39 is 0 Å². The van der Waals surface area contributed by atoms with Crippen LogP contribution in [0.2, 0.25) is 0 Å². The van der Waals surface area contributed by atoms with Crippen LogP contribution in [0.1, 0.15) is 29.7 Å². The third-order valence-corrected chi connectivity index (χ3v) is 4.02. The average molecular weight is 292 g/mol. The van der Waals surface area contributed by atoms with E-state index >= 15 is 0 Å². The normalized spacial score (nSPS) is 19.6. The first kappa shape index (κ1) is 15.5. The van der Waals surface area contributed by atoms with Gasteiger partial charge in [-0.1, -0.05) is 5.16 Å². The van der Waals surface area contributed by atoms with Crippen LogP contribution in [0.15, 0.2) is 5.16 Å². The van der Waals surface area contributed by atoms with E-state index in [1.807, 2.05) is 13.8 Å². The Bertz CT molecular complexity index is 543. The molecule has 3 N–H and O–H groups in total. The Labute approximate surface area is 125 Å². The van der Waals surface area contributed by atoms with Crippen molar-refractivity contribution in [2.45, 2.75) is 32.7 Å². The topological polar surface area (TPSA) is 90.9 Å². The number of hydrogen-bond donors (Lipinski definition) is 2. The summed E-state index contributed by atoms with van der Waals surface area (Å²) in [5, 5.41) is 20.8. The summed E-state index contributed by atoms with van der Waals surface area (Å²) in [5.41, 5.74) is 8.27. The fourth-order valence-electron chi connectivity index (χ4n) is 2.88. The summed E-state index contributed by atoms with van der Waals surface area (Å²) in [6.07, 6.45) is 2.23. The van der Waals surface area contributed by atoms with E-state index in [9.17, 15) is 0 Å². The predicted molar refractivity (Wildman–Crippen MR) is 82.9 cm³/mol. The highest BCUT2D eigenvalue weighted by atomic mass is 16.4. The molecule has 0 spiro atoms. The minimum absolute atomic E-state index is 0.0935. The molecule has 1 atom stereocenters. The molecule has 116 valence electrons. The van der Waals surface area contributed by atoms with Crippen LogP contribution in [0.25, 0.3) is 0 Å². The molecule has 1 saturated heterocycles. The van der Waals surface area contributed by atoms with E-state index in [1.54, 1.807) is 0 Å². The van der Waals surface area contributed by atoms with Gasteiger partial charge >= 0.3 is 0 Å². The zero-order chi connectivity index (χ0) is 15.6. The zero-order valence-corrected chi connectivity index (χ0v) is 13.2. The molecule has 2 rings (SSSR count). The minimum atomic E-state index is 0.0935. The van der Waals surface area contributed by atoms with Gasteiger partial charge in [0.2, 0.25) is 0 Å². The Morgan fingerprint density at radius 3 is 2.76 bits per heavy atom. The Balaban J connectivity index is 2.46. The molecule has 1 unspecified atom stereocenters. The van der Waals surface area contributed by atoms with Gasteiger partial charge in [-0.15, -0.1) is 5.10 Å². The Hall–Kier alpha value is -1.89. The fourth-order valence-corrected chi connectivity index (χ4v) is 2.88. The van der Waals surface area contributed by atoms with Crippen LogP contribution in [0.5, 0.6) is 0 Å². The summed E-state index contributed by atoms with van der Waals surface area (Å²) < 4.78 is 0. The number of anilines is 1. The molecule has 0 radical (unpaired) electrons. The number of aromatic nitrogens is 2. The molecule has 1 aromatic rings. The van der Waals surface area contributed by atoms with E-state index in [4.69, 9.17) is 10.9 Å². The van der Waals surface area contributed by atoms with Gasteiger partial charge in [0.1, 0.15) is 0 Å². The van der Waals surface area contributed by atoms with Gasteiger partial charge in [-0.05, 0) is 46.3 Å². The molecule has 1 aromatic heterocycles. The lowest BCUT2D eigenvalue weighted by Gasteiger charge is -2.29. The summed E-state index contributed by atoms with van der Waals surface area (Å²) in [4.78, 5) is 4.40. The van der Waals surface area contributed by atoms with Crippen molar-refractivity contribution >= 4 is 11.7 Å². The van der Waals surface area contributed by atoms with Crippen molar-refractivity contribution < 1.29 is 5.21 Å². The lowest BCUT2D eigenvalue weighted by atomic mass is 10.1. The van der Waals surface area contributed by atoms with Crippen LogP contribution in [0.4, 0.5) is 5.82 Å². The van der Waals surface area contributed by atoms with Gasteiger partial charge in [0.05, 0.1) is 11.3 Å². The van der Waals surface area contributed by atoms with Gasteiger partial charge in [0, 0.05) is 19.1 Å². The molecule has 21 heavy (non-hydrogen) atoms. The quantitative estimate of drug-likeness (QED) is 0.368. The first-order valence-electron chi connectivity index (χ1n) is 7.18. The molecule has 2 heterocycles. The summed E-state index contributed by atoms with van der Waals surface area (Å²) in [5.74, 6) is 0.814. The number of hydrogen-bond acceptors (Lipinski definition) is 6. The maximum absolute atomic E-state index is 9.07. The average Bonchev–Trinajstić information content (AvgIpc) is 2.88. The number of nitrogens with zero attached hydrogens (tertiary/aromatic N) is 5. The van der Waals surface area contributed by atoms with E-state index in [0.717, 1.165) is 43.0 Å². The lowest BCUT2D eigenvalue weighted by Crippen LogP contribution is -2.39. The Kier molecular flexibility index (Phi) is 4.62. The van der Waals surface area contributed by atoms with Crippen LogP contribution in [-0.2, 0) is 0 Å². The monoisotopic (exact) mass is 292 g/mol. The van der Waals surface area contributed by atoms with Crippen molar-refractivity contribution in [3.8, 4) is 0 Å². The SMILES string of the molecule is Cc1nnc(N2CCCC2CN(C)C)c(C(N)=NO)c1C. The summed E-state index contributed by atoms with van der Waals surface area (Å²) in [7, 11) is 4.13. The maximum atomic E-state index is 9.07. The van der Waals surface area contributed by atoms with Crippen molar-refractivity contribution in [3.05, 3.63) is 16.8 Å². The highest BCUT2D eigenvalue weighted by Gasteiger charge is 2.30. The molecule has 0 saturated carbocycles. The number of rotatable bonds is 4. The van der Waals surface area contributed by atoms with Gasteiger partial charge in [0.25, 0.3) is 0 Å². The number of aryl methyl sites for hydroxylation is 1. The number of amidine groups is 1. The highest BCUT2D eigenvalue weighted by molar-refractivity contribution is 6.02. The van der Waals surface area contributed by atoms with Crippen molar-refractivity contribution in [3.63, 3.8) is 0 Å². The highest BCUT2D eigenvalue weighted by Crippen LogP contribution is 2.29. The Morgan fingerprint density at radius 2 is 2.14 bits per heavy atom. The van der Waals surface area contributed by atoms with Crippen LogP contribution in [0, 0.1) is 13.8 Å².